The molecule has 0 aromatic heterocycles. The molecular weight excluding hydrogens is 660 g/mol. The number of unbranched alkanes of at least 4 members (excludes halogenated alkanes) is 6. The molecule has 2 aliphatic carbocycles. The molecule has 0 radical (unpaired) electrons. The zero-order chi connectivity index (χ0) is 38.7. The van der Waals surface area contributed by atoms with Crippen LogP contribution in [-0.2, 0) is 23.9 Å². The minimum absolute atomic E-state index is 0.0325. The van der Waals surface area contributed by atoms with E-state index in [2.05, 4.69) is 13.8 Å². The van der Waals surface area contributed by atoms with Gasteiger partial charge in [0, 0.05) is 55.8 Å². The Balaban J connectivity index is 1.86. The minimum Gasteiger partial charge on any atom is -0.481 e. The van der Waals surface area contributed by atoms with E-state index in [1.54, 1.807) is 6.08 Å². The maximum absolute atomic E-state index is 13.0. The molecule has 2 saturated carbocycles. The maximum Gasteiger partial charge on any atom is 0.306 e. The molecule has 0 spiro atoms. The van der Waals surface area contributed by atoms with Crippen molar-refractivity contribution in [3.63, 3.8) is 0 Å². The lowest BCUT2D eigenvalue weighted by molar-refractivity contribution is -0.158. The predicted octanol–water partition coefficient (Wildman–Crippen LogP) is 8.23. The van der Waals surface area contributed by atoms with Gasteiger partial charge in [-0.3, -0.25) is 19.2 Å². The number of aliphatic carboxylic acids is 1. The van der Waals surface area contributed by atoms with E-state index in [1.807, 2.05) is 51.2 Å². The fourth-order valence-corrected chi connectivity index (χ4v) is 7.66. The van der Waals surface area contributed by atoms with Gasteiger partial charge >= 0.3 is 11.9 Å². The number of ether oxygens (including phenoxy) is 1. The fraction of sp³-hybridized carbons (Fsp3) is 0.767. The van der Waals surface area contributed by atoms with Crippen molar-refractivity contribution in [2.24, 2.45) is 29.1 Å². The van der Waals surface area contributed by atoms with E-state index in [1.165, 1.54) is 0 Å². The van der Waals surface area contributed by atoms with Gasteiger partial charge in [-0.15, -0.1) is 0 Å². The third kappa shape index (κ3) is 15.8. The molecule has 8 atom stereocenters. The summed E-state index contributed by atoms with van der Waals surface area (Å²) in [6, 6.07) is 0. The van der Waals surface area contributed by atoms with Gasteiger partial charge in [0.05, 0.1) is 18.3 Å². The summed E-state index contributed by atoms with van der Waals surface area (Å²) in [6.07, 6.45) is 21.5. The average Bonchev–Trinajstić information content (AvgIpc) is 3.51. The van der Waals surface area contributed by atoms with Crippen molar-refractivity contribution in [1.29, 1.82) is 0 Å². The number of ketones is 2. The Labute approximate surface area is 313 Å². The van der Waals surface area contributed by atoms with E-state index in [-0.39, 0.29) is 72.3 Å². The Morgan fingerprint density at radius 1 is 0.788 bits per heavy atom. The molecule has 0 aliphatic heterocycles. The SMILES string of the molecule is CCCCC(C)(C/C=C/[C@H]1[C@H](O)CC(=O)[C@@H]1CCCCCCC(=O)O)OC(=O)CCC/C=C\C[C@H]1C(=O)C[C@@H](O)[C@@H]1C=CC(O)C(C)(C)CCCC. The summed E-state index contributed by atoms with van der Waals surface area (Å²) >= 11 is 0. The number of hydrogen-bond acceptors (Lipinski definition) is 8. The molecule has 4 N–H and O–H groups in total. The molecule has 2 rings (SSSR count). The number of aliphatic hydroxyl groups is 3. The molecule has 2 unspecified atom stereocenters. The summed E-state index contributed by atoms with van der Waals surface area (Å²) in [5.74, 6) is -2.14. The predicted molar refractivity (Wildman–Crippen MR) is 204 cm³/mol. The number of hydrogen-bond donors (Lipinski definition) is 4. The first-order valence-corrected chi connectivity index (χ1v) is 20.2. The first-order valence-electron chi connectivity index (χ1n) is 20.2. The third-order valence-electron chi connectivity index (χ3n) is 11.2. The molecule has 52 heavy (non-hydrogen) atoms. The molecule has 9 nitrogen and oxygen atoms in total. The van der Waals surface area contributed by atoms with Crippen molar-refractivity contribution in [1.82, 2.24) is 0 Å². The second-order valence-corrected chi connectivity index (χ2v) is 16.4. The molecule has 0 aromatic rings. The van der Waals surface area contributed by atoms with Crippen molar-refractivity contribution in [3.8, 4) is 0 Å². The molecule has 0 saturated heterocycles. The van der Waals surface area contributed by atoms with Gasteiger partial charge in [0.25, 0.3) is 0 Å². The molecule has 0 heterocycles. The van der Waals surface area contributed by atoms with Crippen LogP contribution < -0.4 is 0 Å². The van der Waals surface area contributed by atoms with Gasteiger partial charge in [-0.2, -0.15) is 0 Å². The van der Waals surface area contributed by atoms with Crippen LogP contribution in [0.3, 0.4) is 0 Å². The molecule has 0 amide bonds. The number of carbonyl (C=O) groups excluding carboxylic acids is 3. The number of aliphatic hydroxyl groups excluding tert-OH is 3. The highest BCUT2D eigenvalue weighted by atomic mass is 16.6. The van der Waals surface area contributed by atoms with Crippen LogP contribution in [-0.4, -0.2) is 67.8 Å². The lowest BCUT2D eigenvalue weighted by Gasteiger charge is -2.29. The van der Waals surface area contributed by atoms with Crippen molar-refractivity contribution >= 4 is 23.5 Å². The molecule has 0 bridgehead atoms. The first-order chi connectivity index (χ1) is 24.6. The monoisotopic (exact) mass is 731 g/mol. The van der Waals surface area contributed by atoms with Gasteiger partial charge in [0.2, 0.25) is 0 Å². The van der Waals surface area contributed by atoms with E-state index < -0.39 is 29.9 Å². The summed E-state index contributed by atoms with van der Waals surface area (Å²) in [5.41, 5.74) is -0.976. The van der Waals surface area contributed by atoms with Crippen LogP contribution in [0.4, 0.5) is 0 Å². The molecule has 9 heteroatoms. The molecule has 2 fully saturated rings. The molecule has 0 aromatic carbocycles. The number of esters is 1. The zero-order valence-corrected chi connectivity index (χ0v) is 32.8. The summed E-state index contributed by atoms with van der Waals surface area (Å²) in [7, 11) is 0. The van der Waals surface area contributed by atoms with Gasteiger partial charge in [0.1, 0.15) is 17.2 Å². The van der Waals surface area contributed by atoms with Crippen LogP contribution >= 0.6 is 0 Å². The van der Waals surface area contributed by atoms with Crippen LogP contribution in [0.25, 0.3) is 0 Å². The number of Topliss-reactive ketones (excluding diaryl/α,β-unsaturated/α-hetero) is 2. The van der Waals surface area contributed by atoms with Crippen LogP contribution in [0.2, 0.25) is 0 Å². The lowest BCUT2D eigenvalue weighted by Crippen LogP contribution is -2.31. The Hall–Kier alpha value is -2.62. The number of carboxylic acids is 1. The van der Waals surface area contributed by atoms with Gasteiger partial charge in [-0.25, -0.2) is 0 Å². The Morgan fingerprint density at radius 3 is 2.06 bits per heavy atom. The Kier molecular flexibility index (Phi) is 20.3. The summed E-state index contributed by atoms with van der Waals surface area (Å²) in [5, 5.41) is 40.8. The van der Waals surface area contributed by atoms with Gasteiger partial charge in [-0.1, -0.05) is 103 Å². The summed E-state index contributed by atoms with van der Waals surface area (Å²) < 4.78 is 6.03. The van der Waals surface area contributed by atoms with Crippen molar-refractivity contribution in [3.05, 3.63) is 36.5 Å². The van der Waals surface area contributed by atoms with Crippen LogP contribution in [0.5, 0.6) is 0 Å². The maximum atomic E-state index is 13.0. The van der Waals surface area contributed by atoms with E-state index in [0.717, 1.165) is 51.4 Å². The second kappa shape index (κ2) is 23.2. The normalized spacial score (nSPS) is 25.8. The topological polar surface area (TPSA) is 158 Å². The minimum atomic E-state index is -0.793. The van der Waals surface area contributed by atoms with Crippen LogP contribution in [0.15, 0.2) is 36.5 Å². The highest BCUT2D eigenvalue weighted by Gasteiger charge is 2.40. The first kappa shape index (κ1) is 45.5. The zero-order valence-electron chi connectivity index (χ0n) is 32.8. The molecule has 296 valence electrons. The summed E-state index contributed by atoms with van der Waals surface area (Å²) in [6.45, 7) is 10.2. The highest BCUT2D eigenvalue weighted by molar-refractivity contribution is 5.85. The van der Waals surface area contributed by atoms with Crippen LogP contribution in [0.1, 0.15) is 157 Å². The van der Waals surface area contributed by atoms with Gasteiger partial charge in [-0.05, 0) is 63.7 Å². The quantitative estimate of drug-likeness (QED) is 0.0391. The van der Waals surface area contributed by atoms with E-state index >= 15 is 0 Å². The van der Waals surface area contributed by atoms with Crippen molar-refractivity contribution in [2.75, 3.05) is 0 Å². The Morgan fingerprint density at radius 2 is 1.40 bits per heavy atom. The average molecular weight is 731 g/mol. The molecule has 2 aliphatic rings. The lowest BCUT2D eigenvalue weighted by atomic mass is 9.80. The highest BCUT2D eigenvalue weighted by Crippen LogP contribution is 2.36. The number of carboxylic acid groups (broad SMARTS) is 1. The largest absolute Gasteiger partial charge is 0.481 e. The second-order valence-electron chi connectivity index (χ2n) is 16.4. The van der Waals surface area contributed by atoms with Crippen molar-refractivity contribution < 1.29 is 44.3 Å². The van der Waals surface area contributed by atoms with E-state index in [4.69, 9.17) is 9.84 Å². The number of allylic oxidation sites excluding steroid dienone is 2. The van der Waals surface area contributed by atoms with Crippen LogP contribution in [0, 0.1) is 29.1 Å². The third-order valence-corrected chi connectivity index (χ3v) is 11.2. The number of rotatable bonds is 26. The smallest absolute Gasteiger partial charge is 0.306 e. The van der Waals surface area contributed by atoms with Crippen molar-refractivity contribution in [2.45, 2.75) is 181 Å². The van der Waals surface area contributed by atoms with E-state index in [0.29, 0.717) is 44.9 Å². The van der Waals surface area contributed by atoms with Gasteiger partial charge < -0.3 is 25.2 Å². The Bertz CT molecular complexity index is 1200. The van der Waals surface area contributed by atoms with E-state index in [9.17, 15) is 34.5 Å². The summed E-state index contributed by atoms with van der Waals surface area (Å²) in [4.78, 5) is 49.0. The number of carbonyl (C=O) groups is 4. The standard InChI is InChI=1S/C43H70O9/c1-6-8-26-42(3,4)39(48)25-24-34-32(36(45)30-38(34)47)20-15-11-13-17-23-41(51)52-43(5,27-9-7-2)28-18-21-33-31(35(44)29-37(33)46)19-14-10-12-16-22-40(49)50/h11,15,18,21,24-25,31-34,37-39,46-48H,6-10,12-14,16-17,19-20,22-23,26-30H2,1-5H3,(H,49,50)/b15-11-,21-18+,25-24?/t31-,32-,33-,34-,37-,38-,39?,43?/m1/s1. The van der Waals surface area contributed by atoms with Gasteiger partial charge in [0.15, 0.2) is 0 Å². The fourth-order valence-electron chi connectivity index (χ4n) is 7.66. The molecular formula is C43H70O9.